The topological polar surface area (TPSA) is 64.3 Å². The molecule has 1 aliphatic carbocycles. The van der Waals surface area contributed by atoms with E-state index >= 15 is 0 Å². The molecule has 0 aliphatic heterocycles. The van der Waals surface area contributed by atoms with E-state index in [-0.39, 0.29) is 12.0 Å². The van der Waals surface area contributed by atoms with Crippen molar-refractivity contribution in [1.29, 1.82) is 0 Å². The highest BCUT2D eigenvalue weighted by atomic mass is 16.5. The number of nitrogens with two attached hydrogens (primary N) is 1. The van der Waals surface area contributed by atoms with Crippen molar-refractivity contribution >= 4 is 11.6 Å². The van der Waals surface area contributed by atoms with E-state index in [1.165, 1.54) is 13.3 Å². The Morgan fingerprint density at radius 3 is 2.85 bits per heavy atom. The van der Waals surface area contributed by atoms with Crippen LogP contribution in [0.15, 0.2) is 24.3 Å². The van der Waals surface area contributed by atoms with E-state index in [9.17, 15) is 4.79 Å². The lowest BCUT2D eigenvalue weighted by atomic mass is 9.80. The summed E-state index contributed by atoms with van der Waals surface area (Å²) in [6.07, 6.45) is 3.49. The van der Waals surface area contributed by atoms with Gasteiger partial charge in [-0.05, 0) is 37.4 Å². The van der Waals surface area contributed by atoms with Crippen LogP contribution in [0.4, 0.5) is 5.69 Å². The first-order chi connectivity index (χ1) is 9.60. The van der Waals surface area contributed by atoms with Gasteiger partial charge in [0.15, 0.2) is 0 Å². The number of ether oxygens (including phenoxy) is 1. The Labute approximate surface area is 120 Å². The number of nitrogens with one attached hydrogen (secondary N) is 1. The normalized spacial score (nSPS) is 26.1. The van der Waals surface area contributed by atoms with Gasteiger partial charge in [0.05, 0.1) is 5.69 Å². The first-order valence-electron chi connectivity index (χ1n) is 7.33. The molecule has 0 radical (unpaired) electrons. The number of amides is 1. The molecule has 1 saturated carbocycles. The third-order valence-electron chi connectivity index (χ3n) is 3.97. The number of benzene rings is 1. The molecule has 0 bridgehead atoms. The molecule has 1 aliphatic rings. The van der Waals surface area contributed by atoms with E-state index in [4.69, 9.17) is 10.5 Å². The highest BCUT2D eigenvalue weighted by Crippen LogP contribution is 2.34. The molecule has 20 heavy (non-hydrogen) atoms. The molecule has 0 saturated heterocycles. The van der Waals surface area contributed by atoms with E-state index < -0.39 is 0 Å². The van der Waals surface area contributed by atoms with Crippen molar-refractivity contribution in [1.82, 2.24) is 0 Å². The average molecular weight is 276 g/mol. The van der Waals surface area contributed by atoms with E-state index in [1.807, 2.05) is 24.3 Å². The molecular weight excluding hydrogens is 252 g/mol. The lowest BCUT2D eigenvalue weighted by Crippen LogP contribution is -2.37. The summed E-state index contributed by atoms with van der Waals surface area (Å²) in [4.78, 5) is 11.2. The SMILES string of the molecule is CC(=O)Nc1ccccc1OC1CC(C)CCC1CN. The Kier molecular flexibility index (Phi) is 5.01. The number of rotatable bonds is 4. The lowest BCUT2D eigenvalue weighted by Gasteiger charge is -2.34. The van der Waals surface area contributed by atoms with Crippen LogP contribution < -0.4 is 15.8 Å². The van der Waals surface area contributed by atoms with Gasteiger partial charge < -0.3 is 15.8 Å². The number of hydrogen-bond donors (Lipinski definition) is 2. The number of carbonyl (C=O) groups is 1. The minimum Gasteiger partial charge on any atom is -0.488 e. The van der Waals surface area contributed by atoms with Gasteiger partial charge in [-0.1, -0.05) is 25.5 Å². The summed E-state index contributed by atoms with van der Waals surface area (Å²) in [6, 6.07) is 7.57. The zero-order chi connectivity index (χ0) is 14.5. The highest BCUT2D eigenvalue weighted by Gasteiger charge is 2.29. The summed E-state index contributed by atoms with van der Waals surface area (Å²) in [6.45, 7) is 4.41. The van der Waals surface area contributed by atoms with Gasteiger partial charge in [-0.25, -0.2) is 0 Å². The second-order valence-corrected chi connectivity index (χ2v) is 5.75. The van der Waals surface area contributed by atoms with Gasteiger partial charge in [-0.15, -0.1) is 0 Å². The highest BCUT2D eigenvalue weighted by molar-refractivity contribution is 5.90. The molecule has 3 unspecified atom stereocenters. The van der Waals surface area contributed by atoms with Gasteiger partial charge >= 0.3 is 0 Å². The molecule has 0 spiro atoms. The van der Waals surface area contributed by atoms with E-state index in [1.54, 1.807) is 0 Å². The molecule has 1 amide bonds. The molecule has 3 N–H and O–H groups in total. The molecular formula is C16H24N2O2. The summed E-state index contributed by atoms with van der Waals surface area (Å²) < 4.78 is 6.17. The summed E-state index contributed by atoms with van der Waals surface area (Å²) in [5.41, 5.74) is 6.59. The molecule has 1 aromatic carbocycles. The molecule has 0 heterocycles. The molecule has 0 aromatic heterocycles. The first kappa shape index (κ1) is 14.9. The predicted molar refractivity (Wildman–Crippen MR) is 80.7 cm³/mol. The van der Waals surface area contributed by atoms with Crippen molar-refractivity contribution in [3.8, 4) is 5.75 Å². The van der Waals surface area contributed by atoms with Crippen LogP contribution >= 0.6 is 0 Å². The summed E-state index contributed by atoms with van der Waals surface area (Å²) >= 11 is 0. The summed E-state index contributed by atoms with van der Waals surface area (Å²) in [5, 5.41) is 2.81. The van der Waals surface area contributed by atoms with Crippen molar-refractivity contribution in [2.75, 3.05) is 11.9 Å². The van der Waals surface area contributed by atoms with E-state index in [2.05, 4.69) is 12.2 Å². The molecule has 1 aromatic rings. The fraction of sp³-hybridized carbons (Fsp3) is 0.562. The Bertz CT molecular complexity index is 462. The Balaban J connectivity index is 2.13. The minimum absolute atomic E-state index is 0.0894. The van der Waals surface area contributed by atoms with Gasteiger partial charge in [0.25, 0.3) is 0 Å². The number of hydrogen-bond acceptors (Lipinski definition) is 3. The second kappa shape index (κ2) is 6.75. The van der Waals surface area contributed by atoms with Crippen molar-refractivity contribution < 1.29 is 9.53 Å². The van der Waals surface area contributed by atoms with Crippen LogP contribution in [0, 0.1) is 11.8 Å². The van der Waals surface area contributed by atoms with Gasteiger partial charge in [0.2, 0.25) is 5.91 Å². The molecule has 3 atom stereocenters. The first-order valence-corrected chi connectivity index (χ1v) is 7.33. The quantitative estimate of drug-likeness (QED) is 0.888. The smallest absolute Gasteiger partial charge is 0.221 e. The van der Waals surface area contributed by atoms with Crippen molar-refractivity contribution in [2.24, 2.45) is 17.6 Å². The molecule has 2 rings (SSSR count). The second-order valence-electron chi connectivity index (χ2n) is 5.75. The fourth-order valence-corrected chi connectivity index (χ4v) is 2.83. The average Bonchev–Trinajstić information content (AvgIpc) is 2.41. The summed E-state index contributed by atoms with van der Waals surface area (Å²) in [7, 11) is 0. The Morgan fingerprint density at radius 1 is 1.40 bits per heavy atom. The van der Waals surface area contributed by atoms with Crippen molar-refractivity contribution in [2.45, 2.75) is 39.2 Å². The molecule has 4 nitrogen and oxygen atoms in total. The Hall–Kier alpha value is -1.55. The number of anilines is 1. The zero-order valence-electron chi connectivity index (χ0n) is 12.3. The number of para-hydroxylation sites is 2. The third-order valence-corrected chi connectivity index (χ3v) is 3.97. The van der Waals surface area contributed by atoms with Gasteiger partial charge in [0, 0.05) is 12.8 Å². The maximum atomic E-state index is 11.2. The Morgan fingerprint density at radius 2 is 2.15 bits per heavy atom. The predicted octanol–water partition coefficient (Wildman–Crippen LogP) is 2.79. The zero-order valence-corrected chi connectivity index (χ0v) is 12.3. The number of carbonyl (C=O) groups excluding carboxylic acids is 1. The van der Waals surface area contributed by atoms with E-state index in [0.29, 0.717) is 18.4 Å². The molecule has 110 valence electrons. The van der Waals surface area contributed by atoms with Crippen LogP contribution in [0.25, 0.3) is 0 Å². The summed E-state index contributed by atoms with van der Waals surface area (Å²) in [5.74, 6) is 1.71. The van der Waals surface area contributed by atoms with Crippen LogP contribution in [0.5, 0.6) is 5.75 Å². The molecule has 4 heteroatoms. The van der Waals surface area contributed by atoms with Gasteiger partial charge in [-0.2, -0.15) is 0 Å². The maximum absolute atomic E-state index is 11.2. The van der Waals surface area contributed by atoms with Gasteiger partial charge in [0.1, 0.15) is 11.9 Å². The monoisotopic (exact) mass is 276 g/mol. The van der Waals surface area contributed by atoms with Crippen LogP contribution in [0.2, 0.25) is 0 Å². The third kappa shape index (κ3) is 3.73. The largest absolute Gasteiger partial charge is 0.488 e. The maximum Gasteiger partial charge on any atom is 0.221 e. The van der Waals surface area contributed by atoms with E-state index in [0.717, 1.165) is 24.3 Å². The van der Waals surface area contributed by atoms with Crippen LogP contribution in [0.1, 0.15) is 33.1 Å². The standard InChI is InChI=1S/C16H24N2O2/c1-11-7-8-13(10-17)16(9-11)20-15-6-4-3-5-14(15)18-12(2)19/h3-6,11,13,16H,7-10,17H2,1-2H3,(H,18,19). The fourth-order valence-electron chi connectivity index (χ4n) is 2.83. The van der Waals surface area contributed by atoms with Crippen molar-refractivity contribution in [3.63, 3.8) is 0 Å². The van der Waals surface area contributed by atoms with Crippen LogP contribution in [0.3, 0.4) is 0 Å². The van der Waals surface area contributed by atoms with Crippen molar-refractivity contribution in [3.05, 3.63) is 24.3 Å². The minimum atomic E-state index is -0.0894. The molecule has 1 fully saturated rings. The van der Waals surface area contributed by atoms with Crippen LogP contribution in [-0.2, 0) is 4.79 Å². The lowest BCUT2D eigenvalue weighted by molar-refractivity contribution is -0.114. The van der Waals surface area contributed by atoms with Crippen LogP contribution in [-0.4, -0.2) is 18.6 Å². The van der Waals surface area contributed by atoms with Gasteiger partial charge in [-0.3, -0.25) is 4.79 Å².